The molecule has 102 valence electrons. The summed E-state index contributed by atoms with van der Waals surface area (Å²) in [5.74, 6) is 0.841. The topological polar surface area (TPSA) is 64.0 Å². The summed E-state index contributed by atoms with van der Waals surface area (Å²) in [5.41, 5.74) is 0.875. The first-order valence-electron chi connectivity index (χ1n) is 5.88. The maximum absolute atomic E-state index is 11.6. The molecular formula is C13H17N3O2S. The van der Waals surface area contributed by atoms with Gasteiger partial charge in [-0.15, -0.1) is 0 Å². The number of aromatic nitrogens is 2. The number of benzene rings is 1. The Balaban J connectivity index is 2.48. The van der Waals surface area contributed by atoms with E-state index in [4.69, 9.17) is 0 Å². The molecule has 0 aliphatic carbocycles. The molecule has 6 heteroatoms. The average molecular weight is 279 g/mol. The molecule has 0 amide bonds. The van der Waals surface area contributed by atoms with Crippen LogP contribution in [0.3, 0.4) is 0 Å². The van der Waals surface area contributed by atoms with Crippen LogP contribution in [0.25, 0.3) is 0 Å². The standard InChI is InChI=1S/C13H17N3O2S/c1-14-12(13-15-7-8-16(13)2)10-5-4-6-11(9-10)19(3,17)18/h4-9,12,14H,1-3H3. The Morgan fingerprint density at radius 1 is 1.37 bits per heavy atom. The fourth-order valence-corrected chi connectivity index (χ4v) is 2.70. The molecule has 1 atom stereocenters. The van der Waals surface area contributed by atoms with Gasteiger partial charge in [0.05, 0.1) is 10.9 Å². The summed E-state index contributed by atoms with van der Waals surface area (Å²) < 4.78 is 25.1. The lowest BCUT2D eigenvalue weighted by molar-refractivity contribution is 0.599. The fourth-order valence-electron chi connectivity index (χ4n) is 2.02. The van der Waals surface area contributed by atoms with Crippen LogP contribution in [-0.2, 0) is 16.9 Å². The van der Waals surface area contributed by atoms with Gasteiger partial charge in [0, 0.05) is 25.7 Å². The molecule has 0 saturated carbocycles. The van der Waals surface area contributed by atoms with Crippen LogP contribution in [0.2, 0.25) is 0 Å². The van der Waals surface area contributed by atoms with E-state index < -0.39 is 9.84 Å². The molecule has 5 nitrogen and oxygen atoms in total. The third-order valence-corrected chi connectivity index (χ3v) is 4.14. The van der Waals surface area contributed by atoms with E-state index in [-0.39, 0.29) is 6.04 Å². The summed E-state index contributed by atoms with van der Waals surface area (Å²) in [6, 6.07) is 6.79. The Hall–Kier alpha value is -1.66. The first-order valence-corrected chi connectivity index (χ1v) is 7.77. The summed E-state index contributed by atoms with van der Waals surface area (Å²) in [6.07, 6.45) is 4.79. The molecule has 1 N–H and O–H groups in total. The van der Waals surface area contributed by atoms with Crippen LogP contribution in [0.15, 0.2) is 41.6 Å². The smallest absolute Gasteiger partial charge is 0.175 e. The Bertz CT molecular complexity index is 677. The largest absolute Gasteiger partial charge is 0.336 e. The van der Waals surface area contributed by atoms with Gasteiger partial charge < -0.3 is 9.88 Å². The summed E-state index contributed by atoms with van der Waals surface area (Å²) >= 11 is 0. The number of nitrogens with zero attached hydrogens (tertiary/aromatic N) is 2. The number of imidazole rings is 1. The van der Waals surface area contributed by atoms with Gasteiger partial charge in [0.15, 0.2) is 9.84 Å². The molecule has 0 saturated heterocycles. The zero-order valence-corrected chi connectivity index (χ0v) is 12.0. The van der Waals surface area contributed by atoms with Gasteiger partial charge in [0.1, 0.15) is 5.82 Å². The third-order valence-electron chi connectivity index (χ3n) is 3.02. The Labute approximate surface area is 113 Å². The van der Waals surface area contributed by atoms with Crippen LogP contribution in [0.5, 0.6) is 0 Å². The van der Waals surface area contributed by atoms with Gasteiger partial charge in [0.25, 0.3) is 0 Å². The van der Waals surface area contributed by atoms with Crippen LogP contribution < -0.4 is 5.32 Å². The molecule has 0 aliphatic rings. The second-order valence-corrected chi connectivity index (χ2v) is 6.48. The molecule has 0 bridgehead atoms. The molecule has 0 aliphatic heterocycles. The van der Waals surface area contributed by atoms with Crippen molar-refractivity contribution < 1.29 is 8.42 Å². The molecular weight excluding hydrogens is 262 g/mol. The second kappa shape index (κ2) is 5.14. The first kappa shape index (κ1) is 13.8. The zero-order chi connectivity index (χ0) is 14.0. The van der Waals surface area contributed by atoms with Crippen LogP contribution in [0.4, 0.5) is 0 Å². The molecule has 1 aromatic carbocycles. The lowest BCUT2D eigenvalue weighted by Crippen LogP contribution is -2.21. The summed E-state index contributed by atoms with van der Waals surface area (Å²) in [4.78, 5) is 4.63. The summed E-state index contributed by atoms with van der Waals surface area (Å²) in [7, 11) is 0.535. The lowest BCUT2D eigenvalue weighted by atomic mass is 10.1. The molecule has 1 aromatic heterocycles. The van der Waals surface area contributed by atoms with Gasteiger partial charge in [-0.1, -0.05) is 12.1 Å². The van der Waals surface area contributed by atoms with Gasteiger partial charge in [-0.2, -0.15) is 0 Å². The number of aryl methyl sites for hydroxylation is 1. The van der Waals surface area contributed by atoms with Crippen molar-refractivity contribution in [2.45, 2.75) is 10.9 Å². The fraction of sp³-hybridized carbons (Fsp3) is 0.308. The van der Waals surface area contributed by atoms with Gasteiger partial charge in [-0.3, -0.25) is 0 Å². The highest BCUT2D eigenvalue weighted by Crippen LogP contribution is 2.22. The van der Waals surface area contributed by atoms with E-state index in [0.29, 0.717) is 4.90 Å². The van der Waals surface area contributed by atoms with E-state index in [2.05, 4.69) is 10.3 Å². The maximum atomic E-state index is 11.6. The van der Waals surface area contributed by atoms with Crippen molar-refractivity contribution in [3.63, 3.8) is 0 Å². The summed E-state index contributed by atoms with van der Waals surface area (Å²) in [5, 5.41) is 3.16. The van der Waals surface area contributed by atoms with Crippen molar-refractivity contribution in [1.82, 2.24) is 14.9 Å². The van der Waals surface area contributed by atoms with E-state index in [1.807, 2.05) is 30.9 Å². The number of rotatable bonds is 4. The van der Waals surface area contributed by atoms with E-state index in [0.717, 1.165) is 11.4 Å². The van der Waals surface area contributed by atoms with Crippen molar-refractivity contribution in [2.24, 2.45) is 7.05 Å². The molecule has 1 heterocycles. The monoisotopic (exact) mass is 279 g/mol. The van der Waals surface area contributed by atoms with Crippen molar-refractivity contribution in [2.75, 3.05) is 13.3 Å². The van der Waals surface area contributed by atoms with Crippen molar-refractivity contribution in [3.05, 3.63) is 48.0 Å². The van der Waals surface area contributed by atoms with Gasteiger partial charge >= 0.3 is 0 Å². The van der Waals surface area contributed by atoms with Crippen LogP contribution in [0, 0.1) is 0 Å². The van der Waals surface area contributed by atoms with E-state index in [9.17, 15) is 8.42 Å². The van der Waals surface area contributed by atoms with E-state index in [1.54, 1.807) is 24.4 Å². The molecule has 0 radical (unpaired) electrons. The zero-order valence-electron chi connectivity index (χ0n) is 11.2. The van der Waals surface area contributed by atoms with Crippen LogP contribution >= 0.6 is 0 Å². The molecule has 2 aromatic rings. The highest BCUT2D eigenvalue weighted by Gasteiger charge is 2.18. The SMILES string of the molecule is CNC(c1cccc(S(C)(=O)=O)c1)c1nccn1C. The quantitative estimate of drug-likeness (QED) is 0.911. The van der Waals surface area contributed by atoms with Gasteiger partial charge in [-0.25, -0.2) is 13.4 Å². The minimum absolute atomic E-state index is 0.137. The Morgan fingerprint density at radius 3 is 2.63 bits per heavy atom. The lowest BCUT2D eigenvalue weighted by Gasteiger charge is -2.17. The molecule has 1 unspecified atom stereocenters. The Morgan fingerprint density at radius 2 is 2.11 bits per heavy atom. The third kappa shape index (κ3) is 2.85. The predicted molar refractivity (Wildman–Crippen MR) is 73.7 cm³/mol. The number of hydrogen-bond donors (Lipinski definition) is 1. The second-order valence-electron chi connectivity index (χ2n) is 4.46. The van der Waals surface area contributed by atoms with E-state index >= 15 is 0 Å². The van der Waals surface area contributed by atoms with Crippen LogP contribution in [-0.4, -0.2) is 31.3 Å². The first-order chi connectivity index (χ1) is 8.93. The summed E-state index contributed by atoms with van der Waals surface area (Å²) in [6.45, 7) is 0. The van der Waals surface area contributed by atoms with E-state index in [1.165, 1.54) is 6.26 Å². The van der Waals surface area contributed by atoms with Gasteiger partial charge in [-0.05, 0) is 24.7 Å². The van der Waals surface area contributed by atoms with Crippen molar-refractivity contribution in [1.29, 1.82) is 0 Å². The molecule has 19 heavy (non-hydrogen) atoms. The van der Waals surface area contributed by atoms with Crippen molar-refractivity contribution >= 4 is 9.84 Å². The van der Waals surface area contributed by atoms with Gasteiger partial charge in [0.2, 0.25) is 0 Å². The highest BCUT2D eigenvalue weighted by molar-refractivity contribution is 7.90. The Kier molecular flexibility index (Phi) is 3.73. The molecule has 0 spiro atoms. The molecule has 2 rings (SSSR count). The van der Waals surface area contributed by atoms with Crippen LogP contribution in [0.1, 0.15) is 17.4 Å². The minimum Gasteiger partial charge on any atom is -0.336 e. The number of sulfone groups is 1. The highest BCUT2D eigenvalue weighted by atomic mass is 32.2. The van der Waals surface area contributed by atoms with Crippen molar-refractivity contribution in [3.8, 4) is 0 Å². The minimum atomic E-state index is -3.20. The predicted octanol–water partition coefficient (Wildman–Crippen LogP) is 1.13. The number of hydrogen-bond acceptors (Lipinski definition) is 4. The normalized spacial score (nSPS) is 13.4. The maximum Gasteiger partial charge on any atom is 0.175 e. The number of nitrogens with one attached hydrogen (secondary N) is 1. The average Bonchev–Trinajstić information content (AvgIpc) is 2.76. The molecule has 0 fully saturated rings.